The van der Waals surface area contributed by atoms with Crippen LogP contribution < -0.4 is 5.32 Å². The van der Waals surface area contributed by atoms with Crippen molar-refractivity contribution in [2.75, 3.05) is 39.4 Å². The van der Waals surface area contributed by atoms with Crippen LogP contribution in [0.5, 0.6) is 0 Å². The second-order valence-corrected chi connectivity index (χ2v) is 6.75. The molecule has 2 aliphatic heterocycles. The maximum absolute atomic E-state index is 5.63. The fourth-order valence-electron chi connectivity index (χ4n) is 4.25. The SMILES string of the molecule is c1ccc2c([C@@H](C3CCOCC3)N3CCNCC3)cccc2c1. The topological polar surface area (TPSA) is 24.5 Å². The average molecular weight is 310 g/mol. The van der Waals surface area contributed by atoms with Crippen LogP contribution in [0, 0.1) is 5.92 Å². The molecule has 2 saturated heterocycles. The number of nitrogens with one attached hydrogen (secondary N) is 1. The number of ether oxygens (including phenoxy) is 1. The van der Waals surface area contributed by atoms with Crippen LogP contribution in [0.4, 0.5) is 0 Å². The van der Waals surface area contributed by atoms with E-state index in [1.54, 1.807) is 0 Å². The molecule has 0 spiro atoms. The van der Waals surface area contributed by atoms with Gasteiger partial charge in [-0.05, 0) is 35.1 Å². The second kappa shape index (κ2) is 7.00. The Balaban J connectivity index is 1.76. The lowest BCUT2D eigenvalue weighted by atomic mass is 9.83. The third-order valence-corrected chi connectivity index (χ3v) is 5.40. The van der Waals surface area contributed by atoms with Crippen LogP contribution in [-0.2, 0) is 4.74 Å². The number of fused-ring (bicyclic) bond motifs is 1. The van der Waals surface area contributed by atoms with Crippen molar-refractivity contribution in [3.8, 4) is 0 Å². The zero-order chi connectivity index (χ0) is 15.5. The molecule has 1 atom stereocenters. The first-order chi connectivity index (χ1) is 11.4. The van der Waals surface area contributed by atoms with Crippen molar-refractivity contribution in [2.24, 2.45) is 5.92 Å². The molecule has 2 heterocycles. The first-order valence-corrected chi connectivity index (χ1v) is 8.93. The van der Waals surface area contributed by atoms with Gasteiger partial charge in [-0.25, -0.2) is 0 Å². The summed E-state index contributed by atoms with van der Waals surface area (Å²) < 4.78 is 5.63. The van der Waals surface area contributed by atoms with Gasteiger partial charge in [0.1, 0.15) is 0 Å². The van der Waals surface area contributed by atoms with E-state index in [-0.39, 0.29) is 0 Å². The van der Waals surface area contributed by atoms with E-state index in [0.717, 1.165) is 39.4 Å². The molecule has 23 heavy (non-hydrogen) atoms. The molecule has 0 aromatic heterocycles. The van der Waals surface area contributed by atoms with Crippen LogP contribution in [-0.4, -0.2) is 44.3 Å². The predicted octanol–water partition coefficient (Wildman–Crippen LogP) is 3.21. The van der Waals surface area contributed by atoms with E-state index in [0.29, 0.717) is 12.0 Å². The smallest absolute Gasteiger partial charge is 0.0469 e. The normalized spacial score (nSPS) is 22.3. The van der Waals surface area contributed by atoms with Gasteiger partial charge < -0.3 is 10.1 Å². The molecule has 0 bridgehead atoms. The van der Waals surface area contributed by atoms with Crippen LogP contribution in [0.1, 0.15) is 24.4 Å². The van der Waals surface area contributed by atoms with Crippen molar-refractivity contribution in [1.82, 2.24) is 10.2 Å². The van der Waals surface area contributed by atoms with Crippen molar-refractivity contribution < 1.29 is 4.74 Å². The molecular weight excluding hydrogens is 284 g/mol. The summed E-state index contributed by atoms with van der Waals surface area (Å²) in [5, 5.41) is 6.27. The summed E-state index contributed by atoms with van der Waals surface area (Å²) in [6.07, 6.45) is 2.36. The lowest BCUT2D eigenvalue weighted by Gasteiger charge is -2.41. The van der Waals surface area contributed by atoms with Gasteiger partial charge in [-0.1, -0.05) is 42.5 Å². The van der Waals surface area contributed by atoms with E-state index in [4.69, 9.17) is 4.74 Å². The second-order valence-electron chi connectivity index (χ2n) is 6.75. The third kappa shape index (κ3) is 3.14. The molecule has 4 rings (SSSR count). The van der Waals surface area contributed by atoms with E-state index in [2.05, 4.69) is 52.7 Å². The molecule has 0 amide bonds. The molecule has 2 aromatic rings. The summed E-state index contributed by atoms with van der Waals surface area (Å²) in [5.41, 5.74) is 1.51. The minimum atomic E-state index is 0.520. The first kappa shape index (κ1) is 15.1. The Morgan fingerprint density at radius 1 is 0.957 bits per heavy atom. The van der Waals surface area contributed by atoms with Gasteiger partial charge in [-0.15, -0.1) is 0 Å². The number of hydrogen-bond acceptors (Lipinski definition) is 3. The zero-order valence-corrected chi connectivity index (χ0v) is 13.7. The van der Waals surface area contributed by atoms with Gasteiger partial charge in [0.05, 0.1) is 0 Å². The summed E-state index contributed by atoms with van der Waals surface area (Å²) >= 11 is 0. The van der Waals surface area contributed by atoms with Crippen LogP contribution in [0.3, 0.4) is 0 Å². The molecule has 3 nitrogen and oxygen atoms in total. The van der Waals surface area contributed by atoms with Crippen LogP contribution in [0.2, 0.25) is 0 Å². The van der Waals surface area contributed by atoms with Gasteiger partial charge >= 0.3 is 0 Å². The van der Waals surface area contributed by atoms with Crippen LogP contribution in [0.25, 0.3) is 10.8 Å². The number of hydrogen-bond donors (Lipinski definition) is 1. The molecule has 0 aliphatic carbocycles. The third-order valence-electron chi connectivity index (χ3n) is 5.40. The van der Waals surface area contributed by atoms with E-state index in [1.807, 2.05) is 0 Å². The minimum Gasteiger partial charge on any atom is -0.381 e. The molecule has 3 heteroatoms. The number of piperazine rings is 1. The van der Waals surface area contributed by atoms with Gasteiger partial charge in [0, 0.05) is 45.4 Å². The maximum Gasteiger partial charge on any atom is 0.0469 e. The van der Waals surface area contributed by atoms with Crippen molar-refractivity contribution in [3.05, 3.63) is 48.0 Å². The Hall–Kier alpha value is -1.42. The highest BCUT2D eigenvalue weighted by Crippen LogP contribution is 2.38. The van der Waals surface area contributed by atoms with E-state index in [1.165, 1.54) is 29.2 Å². The Morgan fingerprint density at radius 2 is 1.70 bits per heavy atom. The fourth-order valence-corrected chi connectivity index (χ4v) is 4.25. The summed E-state index contributed by atoms with van der Waals surface area (Å²) in [5.74, 6) is 0.702. The largest absolute Gasteiger partial charge is 0.381 e. The Kier molecular flexibility index (Phi) is 4.60. The predicted molar refractivity (Wildman–Crippen MR) is 94.7 cm³/mol. The standard InChI is InChI=1S/C20H26N2O/c1-2-6-18-16(4-1)5-3-7-19(18)20(17-8-14-23-15-9-17)22-12-10-21-11-13-22/h1-7,17,20-21H,8-15H2/t20-/m1/s1. The molecule has 0 unspecified atom stereocenters. The lowest BCUT2D eigenvalue weighted by Crippen LogP contribution is -2.47. The minimum absolute atomic E-state index is 0.520. The Morgan fingerprint density at radius 3 is 2.52 bits per heavy atom. The van der Waals surface area contributed by atoms with Crippen molar-refractivity contribution >= 4 is 10.8 Å². The summed E-state index contributed by atoms with van der Waals surface area (Å²) in [6, 6.07) is 16.2. The van der Waals surface area contributed by atoms with Gasteiger partial charge in [0.25, 0.3) is 0 Å². The van der Waals surface area contributed by atoms with Gasteiger partial charge in [-0.3, -0.25) is 4.90 Å². The molecule has 0 radical (unpaired) electrons. The average Bonchev–Trinajstić information content (AvgIpc) is 2.64. The van der Waals surface area contributed by atoms with Crippen molar-refractivity contribution in [3.63, 3.8) is 0 Å². The fraction of sp³-hybridized carbons (Fsp3) is 0.500. The number of rotatable bonds is 3. The molecule has 2 fully saturated rings. The summed E-state index contributed by atoms with van der Waals surface area (Å²) in [7, 11) is 0. The molecule has 2 aromatic carbocycles. The monoisotopic (exact) mass is 310 g/mol. The van der Waals surface area contributed by atoms with E-state index in [9.17, 15) is 0 Å². The van der Waals surface area contributed by atoms with E-state index < -0.39 is 0 Å². The molecular formula is C20H26N2O. The van der Waals surface area contributed by atoms with Gasteiger partial charge in [0.15, 0.2) is 0 Å². The number of nitrogens with zero attached hydrogens (tertiary/aromatic N) is 1. The molecule has 2 aliphatic rings. The molecule has 122 valence electrons. The first-order valence-electron chi connectivity index (χ1n) is 8.93. The van der Waals surface area contributed by atoms with Crippen LogP contribution in [0.15, 0.2) is 42.5 Å². The highest BCUT2D eigenvalue weighted by Gasteiger charge is 2.32. The van der Waals surface area contributed by atoms with Gasteiger partial charge in [-0.2, -0.15) is 0 Å². The summed E-state index contributed by atoms with van der Waals surface area (Å²) in [6.45, 7) is 6.32. The number of benzene rings is 2. The van der Waals surface area contributed by atoms with Gasteiger partial charge in [0.2, 0.25) is 0 Å². The Bertz CT molecular complexity index is 622. The van der Waals surface area contributed by atoms with E-state index >= 15 is 0 Å². The quantitative estimate of drug-likeness (QED) is 0.942. The van der Waals surface area contributed by atoms with Crippen molar-refractivity contribution in [2.45, 2.75) is 18.9 Å². The molecule has 0 saturated carbocycles. The Labute approximate surface area is 138 Å². The highest BCUT2D eigenvalue weighted by molar-refractivity contribution is 5.86. The zero-order valence-electron chi connectivity index (χ0n) is 13.7. The lowest BCUT2D eigenvalue weighted by molar-refractivity contribution is 0.0217. The maximum atomic E-state index is 5.63. The van der Waals surface area contributed by atoms with Crippen molar-refractivity contribution in [1.29, 1.82) is 0 Å². The summed E-state index contributed by atoms with van der Waals surface area (Å²) in [4.78, 5) is 2.70. The van der Waals surface area contributed by atoms with Crippen LogP contribution >= 0.6 is 0 Å². The molecule has 1 N–H and O–H groups in total. The highest BCUT2D eigenvalue weighted by atomic mass is 16.5.